The van der Waals surface area contributed by atoms with Gasteiger partial charge in [-0.3, -0.25) is 9.59 Å². The van der Waals surface area contributed by atoms with Crippen LogP contribution in [0.1, 0.15) is 52.7 Å². The summed E-state index contributed by atoms with van der Waals surface area (Å²) in [4.78, 5) is 25.9. The number of nitrogens with zero attached hydrogens (tertiary/aromatic N) is 2. The van der Waals surface area contributed by atoms with Gasteiger partial charge in [-0.15, -0.1) is 0 Å². The highest BCUT2D eigenvalue weighted by molar-refractivity contribution is 7.92. The molecule has 1 aromatic carbocycles. The fourth-order valence-electron chi connectivity index (χ4n) is 3.84. The Balaban J connectivity index is 1.76. The van der Waals surface area contributed by atoms with E-state index in [4.69, 9.17) is 0 Å². The summed E-state index contributed by atoms with van der Waals surface area (Å²) >= 11 is 0. The summed E-state index contributed by atoms with van der Waals surface area (Å²) in [6.45, 7) is 5.24. The number of hydrogen-bond acceptors (Lipinski definition) is 5. The summed E-state index contributed by atoms with van der Waals surface area (Å²) < 4.78 is 26.4. The van der Waals surface area contributed by atoms with Crippen molar-refractivity contribution in [2.45, 2.75) is 45.6 Å². The molecule has 0 radical (unpaired) electrons. The quantitative estimate of drug-likeness (QED) is 0.802. The van der Waals surface area contributed by atoms with Gasteiger partial charge in [-0.05, 0) is 61.6 Å². The Labute approximate surface area is 172 Å². The lowest BCUT2D eigenvalue weighted by molar-refractivity contribution is -0.120. The monoisotopic (exact) mass is 420 g/mol. The molecule has 2 heterocycles. The zero-order valence-corrected chi connectivity index (χ0v) is 17.7. The van der Waals surface area contributed by atoms with Gasteiger partial charge in [0.25, 0.3) is 5.91 Å². The zero-order valence-electron chi connectivity index (χ0n) is 16.9. The number of carbonyl (C=O) groups is 2. The average Bonchev–Trinajstić information content (AvgIpc) is 2.67. The third kappa shape index (κ3) is 5.12. The Morgan fingerprint density at radius 3 is 2.17 bits per heavy atom. The lowest BCUT2D eigenvalue weighted by Crippen LogP contribution is -2.40. The van der Waals surface area contributed by atoms with Gasteiger partial charge >= 0.3 is 0 Å². The number of aliphatic hydroxyl groups excluding tert-OH is 1. The minimum absolute atomic E-state index is 0.0655. The molecule has 1 aromatic rings. The van der Waals surface area contributed by atoms with Gasteiger partial charge in [0.15, 0.2) is 0 Å². The molecule has 158 valence electrons. The Bertz CT molecular complexity index is 897. The van der Waals surface area contributed by atoms with Crippen molar-refractivity contribution >= 4 is 27.8 Å². The fraction of sp³-hybridized carbons (Fsp3) is 0.524. The number of carbonyl (C=O) groups excluding carboxylic acids is 2. The first kappa shape index (κ1) is 21.7. The summed E-state index contributed by atoms with van der Waals surface area (Å²) in [5.74, 6) is 0.0276. The van der Waals surface area contributed by atoms with Gasteiger partial charge in [0.2, 0.25) is 10.0 Å². The van der Waals surface area contributed by atoms with Crippen molar-refractivity contribution in [3.8, 4) is 0 Å². The molecular formula is C21H28N2O5S. The second-order valence-corrected chi connectivity index (χ2v) is 9.65. The Morgan fingerprint density at radius 2 is 1.62 bits per heavy atom. The first-order valence-electron chi connectivity index (χ1n) is 9.96. The van der Waals surface area contributed by atoms with Crippen molar-refractivity contribution in [2.75, 3.05) is 26.2 Å². The fourth-order valence-corrected chi connectivity index (χ4v) is 5.01. The van der Waals surface area contributed by atoms with Crippen LogP contribution in [0, 0.1) is 13.8 Å². The second-order valence-electron chi connectivity index (χ2n) is 7.83. The SMILES string of the molecule is Cc1cc(C(=O)N2CCC(O)CC2)cc(C)c1C=CS(=O)(=O)N1CCC(=O)CC1. The highest BCUT2D eigenvalue weighted by atomic mass is 32.2. The van der Waals surface area contributed by atoms with Crippen LogP contribution in [0.15, 0.2) is 17.5 Å². The number of ketones is 1. The van der Waals surface area contributed by atoms with Crippen LogP contribution in [0.25, 0.3) is 6.08 Å². The number of piperidine rings is 2. The molecular weight excluding hydrogens is 392 g/mol. The van der Waals surface area contributed by atoms with Gasteiger partial charge in [0.05, 0.1) is 6.10 Å². The highest BCUT2D eigenvalue weighted by Gasteiger charge is 2.25. The maximum Gasteiger partial charge on any atom is 0.253 e. The van der Waals surface area contributed by atoms with Crippen LogP contribution < -0.4 is 0 Å². The Hall–Kier alpha value is -2.03. The summed E-state index contributed by atoms with van der Waals surface area (Å²) in [5.41, 5.74) is 2.99. The van der Waals surface area contributed by atoms with E-state index in [2.05, 4.69) is 0 Å². The van der Waals surface area contributed by atoms with E-state index in [0.717, 1.165) is 16.7 Å². The summed E-state index contributed by atoms with van der Waals surface area (Å²) in [5, 5.41) is 10.8. The number of rotatable bonds is 4. The van der Waals surface area contributed by atoms with Crippen molar-refractivity contribution in [3.05, 3.63) is 39.8 Å². The molecule has 0 unspecified atom stereocenters. The topological polar surface area (TPSA) is 95.0 Å². The molecule has 2 saturated heterocycles. The van der Waals surface area contributed by atoms with E-state index >= 15 is 0 Å². The third-order valence-corrected chi connectivity index (χ3v) is 7.20. The van der Waals surface area contributed by atoms with E-state index in [1.165, 1.54) is 9.71 Å². The molecule has 8 heteroatoms. The lowest BCUT2D eigenvalue weighted by atomic mass is 9.98. The number of likely N-dealkylation sites (tertiary alicyclic amines) is 1. The van der Waals surface area contributed by atoms with E-state index in [-0.39, 0.29) is 43.7 Å². The van der Waals surface area contributed by atoms with E-state index in [9.17, 15) is 23.1 Å². The van der Waals surface area contributed by atoms with Gasteiger partial charge in [-0.1, -0.05) is 0 Å². The molecule has 1 N–H and O–H groups in total. The van der Waals surface area contributed by atoms with Crippen LogP contribution in [0.2, 0.25) is 0 Å². The van der Waals surface area contributed by atoms with Crippen molar-refractivity contribution in [1.29, 1.82) is 0 Å². The molecule has 1 amide bonds. The number of Topliss-reactive ketones (excluding diaryl/α,β-unsaturated/α-hetero) is 1. The number of aliphatic hydroxyl groups is 1. The molecule has 0 bridgehead atoms. The maximum absolute atomic E-state index is 12.8. The van der Waals surface area contributed by atoms with Crippen molar-refractivity contribution < 1.29 is 23.1 Å². The van der Waals surface area contributed by atoms with Crippen LogP contribution in [-0.2, 0) is 14.8 Å². The Kier molecular flexibility index (Phi) is 6.55. The lowest BCUT2D eigenvalue weighted by Gasteiger charge is -2.30. The summed E-state index contributed by atoms with van der Waals surface area (Å²) in [6, 6.07) is 3.57. The molecule has 0 spiro atoms. The van der Waals surface area contributed by atoms with Gasteiger partial charge < -0.3 is 10.0 Å². The van der Waals surface area contributed by atoms with Crippen molar-refractivity contribution in [2.24, 2.45) is 0 Å². The van der Waals surface area contributed by atoms with Crippen LogP contribution >= 0.6 is 0 Å². The number of benzene rings is 1. The van der Waals surface area contributed by atoms with Crippen LogP contribution in [0.3, 0.4) is 0 Å². The first-order chi connectivity index (χ1) is 13.7. The third-order valence-electron chi connectivity index (χ3n) is 5.64. The van der Waals surface area contributed by atoms with Gasteiger partial charge in [0.1, 0.15) is 5.78 Å². The molecule has 29 heavy (non-hydrogen) atoms. The molecule has 3 rings (SSSR count). The number of sulfonamides is 1. The molecule has 2 aliphatic rings. The van der Waals surface area contributed by atoms with Crippen LogP contribution in [0.5, 0.6) is 0 Å². The zero-order chi connectivity index (χ0) is 21.2. The predicted octanol–water partition coefficient (Wildman–Crippen LogP) is 1.87. The molecule has 2 aliphatic heterocycles. The van der Waals surface area contributed by atoms with E-state index in [1.807, 2.05) is 13.8 Å². The molecule has 0 saturated carbocycles. The average molecular weight is 421 g/mol. The first-order valence-corrected chi connectivity index (χ1v) is 11.5. The van der Waals surface area contributed by atoms with E-state index in [1.54, 1.807) is 23.1 Å². The smallest absolute Gasteiger partial charge is 0.253 e. The largest absolute Gasteiger partial charge is 0.393 e. The summed E-state index contributed by atoms with van der Waals surface area (Å²) in [7, 11) is -3.59. The summed E-state index contributed by atoms with van der Waals surface area (Å²) in [6.07, 6.45) is 2.93. The minimum atomic E-state index is -3.59. The van der Waals surface area contributed by atoms with Gasteiger partial charge in [-0.25, -0.2) is 8.42 Å². The van der Waals surface area contributed by atoms with Gasteiger partial charge in [0, 0.05) is 50.0 Å². The van der Waals surface area contributed by atoms with Gasteiger partial charge in [-0.2, -0.15) is 4.31 Å². The normalized spacial score (nSPS) is 19.8. The number of aryl methyl sites for hydroxylation is 2. The standard InChI is InChI=1S/C21H28N2O5S/c1-15-13-17(21(26)22-8-3-18(24)4-9-22)14-16(2)20(15)7-12-29(27,28)23-10-5-19(25)6-11-23/h7,12-14,18,24H,3-6,8-11H2,1-2H3. The minimum Gasteiger partial charge on any atom is -0.393 e. The molecule has 0 aromatic heterocycles. The maximum atomic E-state index is 12.8. The van der Waals surface area contributed by atoms with Crippen LogP contribution in [0.4, 0.5) is 0 Å². The van der Waals surface area contributed by atoms with Crippen molar-refractivity contribution in [3.63, 3.8) is 0 Å². The molecule has 7 nitrogen and oxygen atoms in total. The number of amides is 1. The predicted molar refractivity (Wildman–Crippen MR) is 111 cm³/mol. The van der Waals surface area contributed by atoms with Crippen molar-refractivity contribution in [1.82, 2.24) is 9.21 Å². The Morgan fingerprint density at radius 1 is 1.07 bits per heavy atom. The van der Waals surface area contributed by atoms with Crippen LogP contribution in [-0.4, -0.2) is 66.7 Å². The van der Waals surface area contributed by atoms with E-state index < -0.39 is 10.0 Å². The molecule has 0 atom stereocenters. The molecule has 2 fully saturated rings. The van der Waals surface area contributed by atoms with E-state index in [0.29, 0.717) is 31.5 Å². The number of hydrogen-bond donors (Lipinski definition) is 1. The molecule has 0 aliphatic carbocycles. The highest BCUT2D eigenvalue weighted by Crippen LogP contribution is 2.22. The second kappa shape index (κ2) is 8.77.